The first-order valence-corrected chi connectivity index (χ1v) is 11.8. The van der Waals surface area contributed by atoms with E-state index in [1.807, 2.05) is 25.1 Å². The van der Waals surface area contributed by atoms with Crippen molar-refractivity contribution in [2.24, 2.45) is 0 Å². The van der Waals surface area contributed by atoms with E-state index in [0.29, 0.717) is 5.56 Å². The number of methoxy groups -OCH3 is 1. The van der Waals surface area contributed by atoms with Crippen LogP contribution in [0.1, 0.15) is 81.0 Å². The van der Waals surface area contributed by atoms with E-state index in [-0.39, 0.29) is 17.3 Å². The zero-order chi connectivity index (χ0) is 24.4. The molecule has 3 rings (SSSR count). The lowest BCUT2D eigenvalue weighted by Gasteiger charge is -2.34. The van der Waals surface area contributed by atoms with Gasteiger partial charge < -0.3 is 20.1 Å². The molecule has 0 aromatic heterocycles. The first-order chi connectivity index (χ1) is 15.8. The molecule has 0 bridgehead atoms. The van der Waals surface area contributed by atoms with Crippen molar-refractivity contribution in [3.05, 3.63) is 64.7 Å². The number of hydrogen-bond donors (Lipinski definition) is 3. The van der Waals surface area contributed by atoms with Gasteiger partial charge in [-0.3, -0.25) is 0 Å². The maximum absolute atomic E-state index is 10.8. The zero-order valence-electron chi connectivity index (χ0n) is 20.3. The number of aliphatic hydroxyl groups is 1. The fourth-order valence-electron chi connectivity index (χ4n) is 4.64. The Morgan fingerprint density at radius 3 is 2.15 bits per heavy atom. The van der Waals surface area contributed by atoms with Crippen molar-refractivity contribution >= 4 is 12.0 Å². The molecule has 0 saturated heterocycles. The molecular weight excluding hydrogens is 416 g/mol. The molecule has 0 atom stereocenters. The Balaban J connectivity index is 0.000000468. The van der Waals surface area contributed by atoms with Crippen molar-refractivity contribution in [2.75, 3.05) is 7.11 Å². The number of aryl methyl sites for hydroxylation is 1. The van der Waals surface area contributed by atoms with E-state index in [0.717, 1.165) is 48.6 Å². The molecule has 2 aromatic carbocycles. The molecule has 5 nitrogen and oxygen atoms in total. The summed E-state index contributed by atoms with van der Waals surface area (Å²) in [6.45, 7) is 6.31. The van der Waals surface area contributed by atoms with Crippen molar-refractivity contribution < 1.29 is 24.9 Å². The number of hydrogen-bond acceptors (Lipinski definition) is 4. The lowest BCUT2D eigenvalue weighted by Crippen LogP contribution is -2.26. The van der Waals surface area contributed by atoms with E-state index in [9.17, 15) is 9.90 Å². The highest BCUT2D eigenvalue weighted by Gasteiger charge is 2.31. The summed E-state index contributed by atoms with van der Waals surface area (Å²) in [6, 6.07) is 11.6. The Hall–Kier alpha value is -2.79. The number of aliphatic hydroxyl groups excluding tert-OH is 1. The van der Waals surface area contributed by atoms with E-state index in [1.165, 1.54) is 30.9 Å². The van der Waals surface area contributed by atoms with Crippen LogP contribution in [0.2, 0.25) is 0 Å². The first-order valence-electron chi connectivity index (χ1n) is 11.8. The Kier molecular flexibility index (Phi) is 9.98. The molecule has 5 heteroatoms. The van der Waals surface area contributed by atoms with Gasteiger partial charge in [0.25, 0.3) is 0 Å². The minimum absolute atomic E-state index is 0.0359. The Bertz CT molecular complexity index is 937. The van der Waals surface area contributed by atoms with Crippen LogP contribution in [0.3, 0.4) is 0 Å². The zero-order valence-corrected chi connectivity index (χ0v) is 20.3. The highest BCUT2D eigenvalue weighted by Crippen LogP contribution is 2.41. The molecule has 0 radical (unpaired) electrons. The third kappa shape index (κ3) is 6.84. The van der Waals surface area contributed by atoms with Crippen LogP contribution in [0.5, 0.6) is 11.5 Å². The molecule has 33 heavy (non-hydrogen) atoms. The molecule has 0 heterocycles. The molecule has 0 amide bonds. The molecule has 1 aliphatic carbocycles. The summed E-state index contributed by atoms with van der Waals surface area (Å²) in [5.74, 6) is -0.123. The number of aromatic hydroxyl groups is 1. The van der Waals surface area contributed by atoms with Crippen LogP contribution >= 0.6 is 0 Å². The number of ether oxygens (including phenoxy) is 1. The van der Waals surface area contributed by atoms with Gasteiger partial charge in [-0.1, -0.05) is 51.3 Å². The summed E-state index contributed by atoms with van der Waals surface area (Å²) in [5.41, 5.74) is 3.58. The largest absolute Gasteiger partial charge is 0.507 e. The average Bonchev–Trinajstić information content (AvgIpc) is 2.81. The van der Waals surface area contributed by atoms with Crippen LogP contribution in [0, 0.1) is 6.92 Å². The molecule has 180 valence electrons. The van der Waals surface area contributed by atoms with Crippen molar-refractivity contribution in [3.63, 3.8) is 0 Å². The van der Waals surface area contributed by atoms with Gasteiger partial charge in [0.2, 0.25) is 0 Å². The van der Waals surface area contributed by atoms with Crippen LogP contribution in [-0.4, -0.2) is 34.5 Å². The van der Waals surface area contributed by atoms with E-state index < -0.39 is 5.97 Å². The van der Waals surface area contributed by atoms with E-state index in [1.54, 1.807) is 13.2 Å². The minimum Gasteiger partial charge on any atom is -0.507 e. The normalized spacial score (nSPS) is 14.6. The average molecular weight is 455 g/mol. The van der Waals surface area contributed by atoms with Gasteiger partial charge in [-0.15, -0.1) is 0 Å². The van der Waals surface area contributed by atoms with Gasteiger partial charge in [-0.25, -0.2) is 4.79 Å². The standard InChI is InChI=1S/C22H26O4.C6H12O/c1-5-22(6-2,17-9-11-20(26-4)15(3)13-17)18-8-10-19(23)16(14-18)7-12-21(24)25;7-6-4-2-1-3-5-6/h7-14,23H,5-6H2,1-4H3,(H,24,25);6-7H,1-5H2/b12-7+;. The van der Waals surface area contributed by atoms with Gasteiger partial charge in [-0.05, 0) is 73.6 Å². The number of benzene rings is 2. The van der Waals surface area contributed by atoms with Gasteiger partial charge in [0.05, 0.1) is 13.2 Å². The molecule has 2 aromatic rings. The van der Waals surface area contributed by atoms with Gasteiger partial charge in [0.15, 0.2) is 0 Å². The van der Waals surface area contributed by atoms with Crippen LogP contribution in [0.15, 0.2) is 42.5 Å². The quantitative estimate of drug-likeness (QED) is 0.432. The molecule has 1 fully saturated rings. The maximum Gasteiger partial charge on any atom is 0.328 e. The molecular formula is C28H38O5. The topological polar surface area (TPSA) is 87.0 Å². The summed E-state index contributed by atoms with van der Waals surface area (Å²) >= 11 is 0. The summed E-state index contributed by atoms with van der Waals surface area (Å²) < 4.78 is 5.38. The van der Waals surface area contributed by atoms with E-state index in [4.69, 9.17) is 14.9 Å². The number of phenols is 1. The third-order valence-corrected chi connectivity index (χ3v) is 6.71. The van der Waals surface area contributed by atoms with Crippen molar-refractivity contribution in [2.45, 2.75) is 77.2 Å². The summed E-state index contributed by atoms with van der Waals surface area (Å²) in [4.78, 5) is 10.8. The predicted molar refractivity (Wildman–Crippen MR) is 133 cm³/mol. The Morgan fingerprint density at radius 2 is 1.67 bits per heavy atom. The van der Waals surface area contributed by atoms with Crippen LogP contribution in [0.25, 0.3) is 6.08 Å². The van der Waals surface area contributed by atoms with Gasteiger partial charge in [0.1, 0.15) is 11.5 Å². The fraction of sp³-hybridized carbons (Fsp3) is 0.464. The second-order valence-electron chi connectivity index (χ2n) is 8.71. The number of carbonyl (C=O) groups is 1. The lowest BCUT2D eigenvalue weighted by molar-refractivity contribution is -0.131. The maximum atomic E-state index is 10.8. The molecule has 3 N–H and O–H groups in total. The molecule has 0 aliphatic heterocycles. The van der Waals surface area contributed by atoms with E-state index in [2.05, 4.69) is 26.0 Å². The van der Waals surface area contributed by atoms with Crippen LogP contribution in [0.4, 0.5) is 0 Å². The second-order valence-corrected chi connectivity index (χ2v) is 8.71. The summed E-state index contributed by atoms with van der Waals surface area (Å²) in [5, 5.41) is 27.9. The fourth-order valence-corrected chi connectivity index (χ4v) is 4.64. The third-order valence-electron chi connectivity index (χ3n) is 6.71. The monoisotopic (exact) mass is 454 g/mol. The van der Waals surface area contributed by atoms with Gasteiger partial charge in [-0.2, -0.15) is 0 Å². The van der Waals surface area contributed by atoms with Crippen molar-refractivity contribution in [3.8, 4) is 11.5 Å². The predicted octanol–water partition coefficient (Wildman–Crippen LogP) is 6.22. The summed E-state index contributed by atoms with van der Waals surface area (Å²) in [7, 11) is 1.66. The summed E-state index contributed by atoms with van der Waals surface area (Å²) in [6.07, 6.45) is 10.1. The number of phenolic OH excluding ortho intramolecular Hbond substituents is 1. The number of aliphatic carboxylic acids is 1. The number of rotatable bonds is 7. The molecule has 1 saturated carbocycles. The molecule has 0 spiro atoms. The Morgan fingerprint density at radius 1 is 1.06 bits per heavy atom. The minimum atomic E-state index is -1.04. The smallest absolute Gasteiger partial charge is 0.328 e. The van der Waals surface area contributed by atoms with Gasteiger partial charge in [0, 0.05) is 17.1 Å². The van der Waals surface area contributed by atoms with Crippen LogP contribution in [-0.2, 0) is 10.2 Å². The molecule has 0 unspecified atom stereocenters. The number of carboxylic acids is 1. The van der Waals surface area contributed by atoms with Crippen molar-refractivity contribution in [1.82, 2.24) is 0 Å². The van der Waals surface area contributed by atoms with Crippen molar-refractivity contribution in [1.29, 1.82) is 0 Å². The SMILES string of the molecule is CCC(CC)(c1ccc(OC)c(C)c1)c1ccc(O)c(/C=C/C(=O)O)c1.OC1CCCCC1. The second kappa shape index (κ2) is 12.4. The first kappa shape index (κ1) is 26.5. The molecule has 1 aliphatic rings. The Labute approximate surface area is 197 Å². The van der Waals surface area contributed by atoms with E-state index >= 15 is 0 Å². The van der Waals surface area contributed by atoms with Gasteiger partial charge >= 0.3 is 5.97 Å². The highest BCUT2D eigenvalue weighted by molar-refractivity contribution is 5.86. The highest BCUT2D eigenvalue weighted by atomic mass is 16.5. The van der Waals surface area contributed by atoms with Crippen LogP contribution < -0.4 is 4.74 Å². The number of carboxylic acid groups (broad SMARTS) is 1. The lowest BCUT2D eigenvalue weighted by atomic mass is 9.70.